The van der Waals surface area contributed by atoms with E-state index in [1.54, 1.807) is 0 Å². The van der Waals surface area contributed by atoms with E-state index in [0.29, 0.717) is 11.9 Å². The van der Waals surface area contributed by atoms with Crippen molar-refractivity contribution in [3.8, 4) is 0 Å². The minimum atomic E-state index is -0.0489. The van der Waals surface area contributed by atoms with Crippen LogP contribution in [-0.4, -0.2) is 23.7 Å². The minimum absolute atomic E-state index is 0.0145. The molecule has 0 fully saturated rings. The number of rotatable bonds is 7. The maximum atomic E-state index is 9.70. The number of benzene rings is 2. The molecular formula is C22H31N3O. The van der Waals surface area contributed by atoms with Gasteiger partial charge in [-0.1, -0.05) is 74.5 Å². The molecule has 0 unspecified atom stereocenters. The van der Waals surface area contributed by atoms with Gasteiger partial charge < -0.3 is 15.7 Å². The molecule has 3 N–H and O–H groups in total. The van der Waals surface area contributed by atoms with E-state index in [1.807, 2.05) is 36.4 Å². The van der Waals surface area contributed by atoms with E-state index in [2.05, 4.69) is 62.6 Å². The van der Waals surface area contributed by atoms with Crippen molar-refractivity contribution in [2.75, 3.05) is 6.61 Å². The largest absolute Gasteiger partial charge is 0.394 e. The number of aliphatic hydroxyl groups excluding tert-OH is 1. The summed E-state index contributed by atoms with van der Waals surface area (Å²) in [5.41, 5.74) is 2.35. The summed E-state index contributed by atoms with van der Waals surface area (Å²) in [5.74, 6) is 1.01. The van der Waals surface area contributed by atoms with Gasteiger partial charge in [-0.15, -0.1) is 0 Å². The predicted octanol–water partition coefficient (Wildman–Crippen LogP) is 4.06. The molecule has 0 bridgehead atoms. The topological polar surface area (TPSA) is 56.6 Å². The smallest absolute Gasteiger partial charge is 0.192 e. The molecule has 0 aromatic heterocycles. The van der Waals surface area contributed by atoms with Crippen LogP contribution in [0.3, 0.4) is 0 Å². The van der Waals surface area contributed by atoms with Gasteiger partial charge in [0.1, 0.15) is 0 Å². The lowest BCUT2D eigenvalue weighted by atomic mass is 10.1. The molecule has 4 heteroatoms. The van der Waals surface area contributed by atoms with Crippen molar-refractivity contribution in [2.45, 2.75) is 45.8 Å². The molecule has 4 nitrogen and oxygen atoms in total. The molecule has 0 amide bonds. The van der Waals surface area contributed by atoms with Crippen LogP contribution in [0, 0.1) is 5.92 Å². The van der Waals surface area contributed by atoms with Crippen LogP contribution in [0.4, 0.5) is 0 Å². The van der Waals surface area contributed by atoms with E-state index in [-0.39, 0.29) is 24.7 Å². The molecule has 0 spiro atoms. The Labute approximate surface area is 157 Å². The van der Waals surface area contributed by atoms with Gasteiger partial charge in [0, 0.05) is 0 Å². The van der Waals surface area contributed by atoms with Crippen molar-refractivity contribution < 1.29 is 5.11 Å². The second kappa shape index (κ2) is 9.97. The maximum Gasteiger partial charge on any atom is 0.192 e. The van der Waals surface area contributed by atoms with E-state index in [1.165, 1.54) is 5.56 Å². The summed E-state index contributed by atoms with van der Waals surface area (Å²) in [6.07, 6.45) is 0. The predicted molar refractivity (Wildman–Crippen MR) is 109 cm³/mol. The van der Waals surface area contributed by atoms with E-state index in [9.17, 15) is 5.11 Å². The summed E-state index contributed by atoms with van der Waals surface area (Å²) in [6.45, 7) is 8.44. The van der Waals surface area contributed by atoms with E-state index < -0.39 is 0 Å². The highest BCUT2D eigenvalue weighted by molar-refractivity contribution is 5.81. The van der Waals surface area contributed by atoms with Crippen molar-refractivity contribution in [1.82, 2.24) is 10.6 Å². The fourth-order valence-electron chi connectivity index (χ4n) is 2.74. The lowest BCUT2D eigenvalue weighted by Crippen LogP contribution is -2.48. The highest BCUT2D eigenvalue weighted by Gasteiger charge is 2.17. The molecular weight excluding hydrogens is 322 g/mol. The molecule has 0 aliphatic heterocycles. The molecule has 3 atom stereocenters. The number of nitrogens with one attached hydrogen (secondary N) is 2. The van der Waals surface area contributed by atoms with Crippen LogP contribution in [0.1, 0.15) is 50.9 Å². The van der Waals surface area contributed by atoms with Gasteiger partial charge in [0.25, 0.3) is 0 Å². The summed E-state index contributed by atoms with van der Waals surface area (Å²) < 4.78 is 0. The molecule has 0 aliphatic rings. The monoisotopic (exact) mass is 353 g/mol. The van der Waals surface area contributed by atoms with Gasteiger partial charge in [-0.3, -0.25) is 0 Å². The van der Waals surface area contributed by atoms with Gasteiger partial charge in [-0.05, 0) is 30.9 Å². The zero-order valence-corrected chi connectivity index (χ0v) is 16.2. The Hall–Kier alpha value is -2.33. The van der Waals surface area contributed by atoms with Crippen LogP contribution in [0.15, 0.2) is 65.7 Å². The summed E-state index contributed by atoms with van der Waals surface area (Å²) in [6, 6.07) is 20.6. The molecule has 2 aromatic rings. The minimum Gasteiger partial charge on any atom is -0.394 e. The van der Waals surface area contributed by atoms with Gasteiger partial charge in [0.2, 0.25) is 0 Å². The Morgan fingerprint density at radius 2 is 1.38 bits per heavy atom. The fourth-order valence-corrected chi connectivity index (χ4v) is 2.74. The third-order valence-corrected chi connectivity index (χ3v) is 4.58. The average Bonchev–Trinajstić information content (AvgIpc) is 2.66. The van der Waals surface area contributed by atoms with Crippen LogP contribution in [-0.2, 0) is 0 Å². The highest BCUT2D eigenvalue weighted by atomic mass is 16.3. The second-order valence-corrected chi connectivity index (χ2v) is 7.02. The van der Waals surface area contributed by atoms with Gasteiger partial charge >= 0.3 is 0 Å². The lowest BCUT2D eigenvalue weighted by molar-refractivity contribution is 0.225. The van der Waals surface area contributed by atoms with Gasteiger partial charge in [-0.25, -0.2) is 4.99 Å². The first kappa shape index (κ1) is 20.0. The van der Waals surface area contributed by atoms with Crippen molar-refractivity contribution in [3.63, 3.8) is 0 Å². The molecule has 2 aromatic carbocycles. The van der Waals surface area contributed by atoms with Crippen molar-refractivity contribution in [2.24, 2.45) is 10.9 Å². The van der Waals surface area contributed by atoms with Crippen molar-refractivity contribution >= 4 is 5.96 Å². The summed E-state index contributed by atoms with van der Waals surface area (Å²) in [5, 5.41) is 16.6. The Kier molecular flexibility index (Phi) is 7.67. The molecule has 0 radical (unpaired) electrons. The number of nitrogens with zero attached hydrogens (tertiary/aromatic N) is 1. The molecule has 140 valence electrons. The Bertz CT molecular complexity index is 670. The van der Waals surface area contributed by atoms with Crippen LogP contribution >= 0.6 is 0 Å². The van der Waals surface area contributed by atoms with Crippen LogP contribution < -0.4 is 10.6 Å². The fraction of sp³-hybridized carbons (Fsp3) is 0.409. The Morgan fingerprint density at radius 1 is 0.846 bits per heavy atom. The Morgan fingerprint density at radius 3 is 1.88 bits per heavy atom. The van der Waals surface area contributed by atoms with Crippen molar-refractivity contribution in [1.29, 1.82) is 0 Å². The van der Waals surface area contributed by atoms with Crippen LogP contribution in [0.25, 0.3) is 0 Å². The third kappa shape index (κ3) is 5.88. The number of hydrogen-bond acceptors (Lipinski definition) is 2. The first-order chi connectivity index (χ1) is 12.5. The van der Waals surface area contributed by atoms with E-state index >= 15 is 0 Å². The summed E-state index contributed by atoms with van der Waals surface area (Å²) in [4.78, 5) is 4.87. The quantitative estimate of drug-likeness (QED) is 0.520. The number of hydrogen-bond donors (Lipinski definition) is 3. The maximum absolute atomic E-state index is 9.70. The molecule has 0 saturated carbocycles. The lowest BCUT2D eigenvalue weighted by Gasteiger charge is -2.26. The van der Waals surface area contributed by atoms with Gasteiger partial charge in [-0.2, -0.15) is 0 Å². The molecule has 2 rings (SSSR count). The third-order valence-electron chi connectivity index (χ3n) is 4.58. The molecule has 0 saturated heterocycles. The Balaban J connectivity index is 2.21. The van der Waals surface area contributed by atoms with Crippen molar-refractivity contribution in [3.05, 3.63) is 71.8 Å². The highest BCUT2D eigenvalue weighted by Crippen LogP contribution is 2.17. The molecule has 0 heterocycles. The second-order valence-electron chi connectivity index (χ2n) is 7.02. The van der Waals surface area contributed by atoms with Gasteiger partial charge in [0.05, 0.1) is 24.7 Å². The number of aliphatic imine (C=N–C) groups is 1. The zero-order valence-electron chi connectivity index (χ0n) is 16.2. The summed E-state index contributed by atoms with van der Waals surface area (Å²) in [7, 11) is 0. The summed E-state index contributed by atoms with van der Waals surface area (Å²) >= 11 is 0. The van der Waals surface area contributed by atoms with E-state index in [0.717, 1.165) is 5.56 Å². The number of guanidine groups is 1. The van der Waals surface area contributed by atoms with Crippen LogP contribution in [0.2, 0.25) is 0 Å². The number of aliphatic hydroxyl groups is 1. The standard InChI is InChI=1S/C22H31N3O/c1-16(2)21(15-26)25-22(23-17(3)19-11-7-5-8-12-19)24-18(4)20-13-9-6-10-14-20/h5-14,16-18,21,26H,15H2,1-4H3,(H2,23,24,25)/t17-,18-,21+/m0/s1. The molecule has 26 heavy (non-hydrogen) atoms. The zero-order chi connectivity index (χ0) is 18.9. The van der Waals surface area contributed by atoms with E-state index in [4.69, 9.17) is 4.99 Å². The molecule has 0 aliphatic carbocycles. The first-order valence-corrected chi connectivity index (χ1v) is 9.33. The normalized spacial score (nSPS) is 15.4. The van der Waals surface area contributed by atoms with Gasteiger partial charge in [0.15, 0.2) is 5.96 Å². The van der Waals surface area contributed by atoms with Crippen LogP contribution in [0.5, 0.6) is 0 Å². The average molecular weight is 354 g/mol. The SMILES string of the molecule is CC(C)[C@@H](CO)NC(=N[C@@H](C)c1ccccc1)N[C@@H](C)c1ccccc1. The first-order valence-electron chi connectivity index (χ1n) is 9.33.